The van der Waals surface area contributed by atoms with Crippen LogP contribution in [-0.4, -0.2) is 25.0 Å². The third-order valence-electron chi connectivity index (χ3n) is 6.29. The van der Waals surface area contributed by atoms with E-state index in [-0.39, 0.29) is 11.8 Å². The van der Waals surface area contributed by atoms with Crippen LogP contribution in [0.5, 0.6) is 0 Å². The van der Waals surface area contributed by atoms with Crippen molar-refractivity contribution in [1.29, 1.82) is 0 Å². The molecule has 2 aliphatic carbocycles. The van der Waals surface area contributed by atoms with Gasteiger partial charge >= 0.3 is 0 Å². The second-order valence-electron chi connectivity index (χ2n) is 7.67. The maximum absolute atomic E-state index is 6.01. The minimum Gasteiger partial charge on any atom is -0.347 e. The topological polar surface area (TPSA) is 30.5 Å². The van der Waals surface area contributed by atoms with E-state index >= 15 is 0 Å². The van der Waals surface area contributed by atoms with Crippen molar-refractivity contribution in [3.8, 4) is 0 Å². The largest absolute Gasteiger partial charge is 0.347 e. The maximum atomic E-state index is 6.01. The van der Waals surface area contributed by atoms with E-state index in [4.69, 9.17) is 9.47 Å². The van der Waals surface area contributed by atoms with Crippen molar-refractivity contribution in [1.82, 2.24) is 5.32 Å². The molecule has 1 aliphatic heterocycles. The average Bonchev–Trinajstić information content (AvgIpc) is 3.38. The zero-order chi connectivity index (χ0) is 16.7. The number of fused-ring (bicyclic) bond motifs is 3. The van der Waals surface area contributed by atoms with E-state index in [2.05, 4.69) is 66.0 Å². The fourth-order valence-electron chi connectivity index (χ4n) is 5.16. The number of ether oxygens (including phenoxy) is 2. The molecular weight excluding hydrogens is 310 g/mol. The van der Waals surface area contributed by atoms with Crippen LogP contribution in [0.3, 0.4) is 0 Å². The van der Waals surface area contributed by atoms with Crippen LogP contribution in [0.25, 0.3) is 0 Å². The molecule has 25 heavy (non-hydrogen) atoms. The van der Waals surface area contributed by atoms with Crippen molar-refractivity contribution in [3.63, 3.8) is 0 Å². The van der Waals surface area contributed by atoms with Crippen LogP contribution in [-0.2, 0) is 9.47 Å². The molecule has 0 amide bonds. The van der Waals surface area contributed by atoms with Gasteiger partial charge in [0, 0.05) is 18.4 Å². The Labute approximate surface area is 149 Å². The van der Waals surface area contributed by atoms with Crippen LogP contribution in [0.2, 0.25) is 0 Å². The number of hydrogen-bond donors (Lipinski definition) is 1. The Morgan fingerprint density at radius 3 is 1.96 bits per heavy atom. The standard InChI is InChI=1S/C22H25NO2/c1-3-7-16(8-4-1)21(17-9-5-2-6-10-17)23-20-14-19-13-18(20)15-22(19)24-11-12-25-22/h1-10,18-21,23H,11-15H2/t18-,19-,20-/m0/s1. The third kappa shape index (κ3) is 2.71. The Morgan fingerprint density at radius 2 is 1.44 bits per heavy atom. The average molecular weight is 335 g/mol. The first kappa shape index (κ1) is 15.6. The molecule has 2 bridgehead atoms. The lowest BCUT2D eigenvalue weighted by atomic mass is 9.88. The van der Waals surface area contributed by atoms with Crippen LogP contribution in [0, 0.1) is 11.8 Å². The molecule has 0 radical (unpaired) electrons. The van der Waals surface area contributed by atoms with Gasteiger partial charge in [0.25, 0.3) is 0 Å². The lowest BCUT2D eigenvalue weighted by molar-refractivity contribution is -0.192. The van der Waals surface area contributed by atoms with E-state index < -0.39 is 0 Å². The van der Waals surface area contributed by atoms with Crippen molar-refractivity contribution in [3.05, 3.63) is 71.8 Å². The molecule has 1 spiro atoms. The summed E-state index contributed by atoms with van der Waals surface area (Å²) in [6.45, 7) is 1.52. The highest BCUT2D eigenvalue weighted by atomic mass is 16.7. The fraction of sp³-hybridized carbons (Fsp3) is 0.455. The lowest BCUT2D eigenvalue weighted by Gasteiger charge is -2.37. The maximum Gasteiger partial charge on any atom is 0.171 e. The normalized spacial score (nSPS) is 29.7. The number of hydrogen-bond acceptors (Lipinski definition) is 3. The highest BCUT2D eigenvalue weighted by molar-refractivity contribution is 5.32. The summed E-state index contributed by atoms with van der Waals surface area (Å²) in [6.07, 6.45) is 3.43. The number of nitrogens with one attached hydrogen (secondary N) is 1. The van der Waals surface area contributed by atoms with Gasteiger partial charge in [0.2, 0.25) is 0 Å². The summed E-state index contributed by atoms with van der Waals surface area (Å²) < 4.78 is 12.0. The van der Waals surface area contributed by atoms with Gasteiger partial charge in [-0.1, -0.05) is 60.7 Å². The molecule has 3 heteroatoms. The summed E-state index contributed by atoms with van der Waals surface area (Å²) in [5, 5.41) is 3.98. The van der Waals surface area contributed by atoms with Crippen molar-refractivity contribution < 1.29 is 9.47 Å². The Morgan fingerprint density at radius 1 is 0.840 bits per heavy atom. The Hall–Kier alpha value is -1.68. The fourth-order valence-corrected chi connectivity index (χ4v) is 5.16. The van der Waals surface area contributed by atoms with E-state index in [1.807, 2.05) is 0 Å². The number of rotatable bonds is 4. The van der Waals surface area contributed by atoms with E-state index in [0.29, 0.717) is 17.9 Å². The molecule has 2 aromatic rings. The van der Waals surface area contributed by atoms with E-state index in [9.17, 15) is 0 Å². The molecule has 130 valence electrons. The molecule has 3 nitrogen and oxygen atoms in total. The molecule has 5 rings (SSSR count). The predicted octanol–water partition coefficient (Wildman–Crippen LogP) is 3.91. The minimum absolute atomic E-state index is 0.244. The summed E-state index contributed by atoms with van der Waals surface area (Å²) in [5.41, 5.74) is 2.67. The number of benzene rings is 2. The molecule has 3 fully saturated rings. The van der Waals surface area contributed by atoms with Crippen molar-refractivity contribution in [2.24, 2.45) is 11.8 Å². The van der Waals surface area contributed by atoms with Crippen molar-refractivity contribution in [2.45, 2.75) is 37.1 Å². The first-order valence-electron chi connectivity index (χ1n) is 9.48. The Kier molecular flexibility index (Phi) is 3.89. The monoisotopic (exact) mass is 335 g/mol. The lowest BCUT2D eigenvalue weighted by Crippen LogP contribution is -2.45. The third-order valence-corrected chi connectivity index (χ3v) is 6.29. The molecule has 1 saturated heterocycles. The second-order valence-corrected chi connectivity index (χ2v) is 7.67. The van der Waals surface area contributed by atoms with Crippen molar-refractivity contribution >= 4 is 0 Å². The summed E-state index contributed by atoms with van der Waals surface area (Å²) in [7, 11) is 0. The quantitative estimate of drug-likeness (QED) is 0.919. The van der Waals surface area contributed by atoms with Crippen LogP contribution < -0.4 is 5.32 Å². The van der Waals surface area contributed by atoms with Crippen LogP contribution in [0.4, 0.5) is 0 Å². The summed E-state index contributed by atoms with van der Waals surface area (Å²) >= 11 is 0. The molecule has 2 saturated carbocycles. The Balaban J connectivity index is 1.38. The van der Waals surface area contributed by atoms with Crippen molar-refractivity contribution in [2.75, 3.05) is 13.2 Å². The SMILES string of the molecule is c1ccc(C(N[C@H]2C[C@@H]3C[C@H]2CC32OCCO2)c2ccccc2)cc1. The molecular formula is C22H25NO2. The second kappa shape index (κ2) is 6.24. The summed E-state index contributed by atoms with van der Waals surface area (Å²) in [4.78, 5) is 0. The van der Waals surface area contributed by atoms with Gasteiger partial charge in [-0.25, -0.2) is 0 Å². The molecule has 0 unspecified atom stereocenters. The van der Waals surface area contributed by atoms with E-state index in [1.54, 1.807) is 0 Å². The highest BCUT2D eigenvalue weighted by Gasteiger charge is 2.58. The predicted molar refractivity (Wildman–Crippen MR) is 97.1 cm³/mol. The zero-order valence-corrected chi connectivity index (χ0v) is 14.4. The van der Waals surface area contributed by atoms with Crippen LogP contribution in [0.15, 0.2) is 60.7 Å². The molecule has 3 aliphatic rings. The first-order chi connectivity index (χ1) is 12.3. The van der Waals surface area contributed by atoms with E-state index in [0.717, 1.165) is 26.1 Å². The van der Waals surface area contributed by atoms with Crippen LogP contribution in [0.1, 0.15) is 36.4 Å². The van der Waals surface area contributed by atoms with Gasteiger partial charge in [0.15, 0.2) is 5.79 Å². The summed E-state index contributed by atoms with van der Waals surface area (Å²) in [5.74, 6) is 0.945. The van der Waals surface area contributed by atoms with Gasteiger partial charge in [0.1, 0.15) is 0 Å². The zero-order valence-electron chi connectivity index (χ0n) is 14.4. The molecule has 0 aromatic heterocycles. The molecule has 3 atom stereocenters. The smallest absolute Gasteiger partial charge is 0.171 e. The molecule has 1 N–H and O–H groups in total. The summed E-state index contributed by atoms with van der Waals surface area (Å²) in [6, 6.07) is 22.4. The van der Waals surface area contributed by atoms with Gasteiger partial charge in [-0.2, -0.15) is 0 Å². The minimum atomic E-state index is -0.252. The van der Waals surface area contributed by atoms with Gasteiger partial charge in [-0.3, -0.25) is 0 Å². The first-order valence-corrected chi connectivity index (χ1v) is 9.48. The molecule has 2 aromatic carbocycles. The van der Waals surface area contributed by atoms with Gasteiger partial charge in [-0.05, 0) is 29.9 Å². The van der Waals surface area contributed by atoms with Gasteiger partial charge in [0.05, 0.1) is 19.3 Å². The van der Waals surface area contributed by atoms with E-state index in [1.165, 1.54) is 17.5 Å². The molecule has 1 heterocycles. The van der Waals surface area contributed by atoms with Gasteiger partial charge < -0.3 is 14.8 Å². The van der Waals surface area contributed by atoms with Gasteiger partial charge in [-0.15, -0.1) is 0 Å². The highest BCUT2D eigenvalue weighted by Crippen LogP contribution is 2.54. The Bertz CT molecular complexity index is 672. The van der Waals surface area contributed by atoms with Crippen LogP contribution >= 0.6 is 0 Å².